The minimum absolute atomic E-state index is 0.101. The molecule has 0 aromatic carbocycles. The average molecular weight is 279 g/mol. The smallest absolute Gasteiger partial charge is 0.362 e. The molecule has 1 N–H and O–H groups in total. The maximum atomic E-state index is 12.0. The van der Waals surface area contributed by atoms with Crippen LogP contribution < -0.4 is 11.2 Å². The first-order chi connectivity index (χ1) is 9.31. The zero-order chi connectivity index (χ0) is 15.0. The summed E-state index contributed by atoms with van der Waals surface area (Å²) in [6.07, 6.45) is 0. The summed E-state index contributed by atoms with van der Waals surface area (Å²) >= 11 is 0. The molecule has 0 bridgehead atoms. The van der Waals surface area contributed by atoms with E-state index in [1.165, 1.54) is 7.05 Å². The Kier molecular flexibility index (Phi) is 3.26. The topological polar surface area (TPSA) is 112 Å². The molecule has 2 aromatic rings. The zero-order valence-corrected chi connectivity index (χ0v) is 11.2. The van der Waals surface area contributed by atoms with E-state index in [1.54, 1.807) is 17.8 Å². The molecule has 0 unspecified atom stereocenters. The molecular formula is C11H13N5O4. The number of hydrogen-bond acceptors (Lipinski definition) is 5. The first-order valence-electron chi connectivity index (χ1n) is 5.72. The van der Waals surface area contributed by atoms with Crippen LogP contribution in [0.4, 0.5) is 0 Å². The van der Waals surface area contributed by atoms with E-state index in [-0.39, 0.29) is 6.54 Å². The molecule has 20 heavy (non-hydrogen) atoms. The van der Waals surface area contributed by atoms with Gasteiger partial charge in [0.25, 0.3) is 5.56 Å². The Hall–Kier alpha value is -2.71. The Labute approximate surface area is 112 Å². The van der Waals surface area contributed by atoms with Crippen molar-refractivity contribution >= 4 is 5.97 Å². The molecule has 0 spiro atoms. The SMILES string of the molecule is Cc1cc(Cn2c(=O)c(C(=O)O)nn(C)c2=O)nn1C. The first-order valence-corrected chi connectivity index (χ1v) is 5.72. The molecule has 2 aromatic heterocycles. The van der Waals surface area contributed by atoms with E-state index in [1.807, 2.05) is 6.92 Å². The van der Waals surface area contributed by atoms with E-state index in [9.17, 15) is 14.4 Å². The van der Waals surface area contributed by atoms with Gasteiger partial charge in [0.1, 0.15) is 0 Å². The summed E-state index contributed by atoms with van der Waals surface area (Å²) in [6, 6.07) is 1.72. The maximum absolute atomic E-state index is 12.0. The zero-order valence-electron chi connectivity index (χ0n) is 11.2. The second-order valence-corrected chi connectivity index (χ2v) is 4.35. The van der Waals surface area contributed by atoms with Crippen molar-refractivity contribution in [1.29, 1.82) is 0 Å². The van der Waals surface area contributed by atoms with Gasteiger partial charge in [-0.2, -0.15) is 10.2 Å². The Morgan fingerprint density at radius 2 is 1.90 bits per heavy atom. The van der Waals surface area contributed by atoms with Crippen molar-refractivity contribution in [3.05, 3.63) is 44.0 Å². The van der Waals surface area contributed by atoms with Crippen molar-refractivity contribution in [3.63, 3.8) is 0 Å². The van der Waals surface area contributed by atoms with Crippen LogP contribution in [0.15, 0.2) is 15.7 Å². The second kappa shape index (κ2) is 4.76. The van der Waals surface area contributed by atoms with Crippen molar-refractivity contribution in [3.8, 4) is 0 Å². The van der Waals surface area contributed by atoms with Crippen LogP contribution in [0.3, 0.4) is 0 Å². The Balaban J connectivity index is 2.59. The Bertz CT molecular complexity index is 779. The van der Waals surface area contributed by atoms with Gasteiger partial charge < -0.3 is 5.11 Å². The molecule has 0 saturated heterocycles. The van der Waals surface area contributed by atoms with Gasteiger partial charge >= 0.3 is 11.7 Å². The molecule has 9 heteroatoms. The number of carboxylic acid groups (broad SMARTS) is 1. The van der Waals surface area contributed by atoms with E-state index in [2.05, 4.69) is 10.2 Å². The molecule has 0 fully saturated rings. The lowest BCUT2D eigenvalue weighted by Crippen LogP contribution is -2.43. The minimum Gasteiger partial charge on any atom is -0.476 e. The lowest BCUT2D eigenvalue weighted by molar-refractivity contribution is 0.0683. The fourth-order valence-electron chi connectivity index (χ4n) is 1.77. The van der Waals surface area contributed by atoms with E-state index in [4.69, 9.17) is 5.11 Å². The van der Waals surface area contributed by atoms with Gasteiger partial charge in [-0.25, -0.2) is 14.3 Å². The lowest BCUT2D eigenvalue weighted by atomic mass is 10.3. The molecule has 0 atom stereocenters. The van der Waals surface area contributed by atoms with Crippen LogP contribution in [0.25, 0.3) is 0 Å². The number of rotatable bonds is 3. The summed E-state index contributed by atoms with van der Waals surface area (Å²) in [5, 5.41) is 16.5. The van der Waals surface area contributed by atoms with Crippen molar-refractivity contribution in [2.45, 2.75) is 13.5 Å². The fraction of sp³-hybridized carbons (Fsp3) is 0.364. The highest BCUT2D eigenvalue weighted by Gasteiger charge is 2.18. The van der Waals surface area contributed by atoms with Gasteiger partial charge in [0.05, 0.1) is 12.2 Å². The Morgan fingerprint density at radius 1 is 1.25 bits per heavy atom. The van der Waals surface area contributed by atoms with Crippen molar-refractivity contribution in [2.24, 2.45) is 14.1 Å². The van der Waals surface area contributed by atoms with E-state index < -0.39 is 22.9 Å². The first kappa shape index (κ1) is 13.7. The number of carbonyl (C=O) groups is 1. The third kappa shape index (κ3) is 2.25. The molecule has 0 aliphatic heterocycles. The molecule has 9 nitrogen and oxygen atoms in total. The highest BCUT2D eigenvalue weighted by Crippen LogP contribution is 2.01. The summed E-state index contributed by atoms with van der Waals surface area (Å²) in [7, 11) is 3.02. The van der Waals surface area contributed by atoms with Crippen LogP contribution in [0.2, 0.25) is 0 Å². The summed E-state index contributed by atoms with van der Waals surface area (Å²) in [4.78, 5) is 34.8. The van der Waals surface area contributed by atoms with Crippen molar-refractivity contribution < 1.29 is 9.90 Å². The molecule has 0 aliphatic rings. The third-order valence-corrected chi connectivity index (χ3v) is 2.89. The molecule has 106 valence electrons. The molecule has 0 aliphatic carbocycles. The van der Waals surface area contributed by atoms with Crippen molar-refractivity contribution in [2.75, 3.05) is 0 Å². The van der Waals surface area contributed by atoms with Gasteiger partial charge in [-0.05, 0) is 13.0 Å². The minimum atomic E-state index is -1.48. The molecular weight excluding hydrogens is 266 g/mol. The number of nitrogens with zero attached hydrogens (tertiary/aromatic N) is 5. The summed E-state index contributed by atoms with van der Waals surface area (Å²) < 4.78 is 3.23. The van der Waals surface area contributed by atoms with Crippen LogP contribution in [0.1, 0.15) is 21.9 Å². The fourth-order valence-corrected chi connectivity index (χ4v) is 1.77. The number of carboxylic acids is 1. The van der Waals surface area contributed by atoms with Gasteiger partial charge in [-0.15, -0.1) is 0 Å². The maximum Gasteiger partial charge on any atom is 0.362 e. The second-order valence-electron chi connectivity index (χ2n) is 4.35. The van der Waals surface area contributed by atoms with E-state index in [0.717, 1.165) is 14.9 Å². The van der Waals surface area contributed by atoms with Crippen LogP contribution >= 0.6 is 0 Å². The monoisotopic (exact) mass is 279 g/mol. The van der Waals surface area contributed by atoms with E-state index in [0.29, 0.717) is 5.69 Å². The highest BCUT2D eigenvalue weighted by atomic mass is 16.4. The summed E-state index contributed by atoms with van der Waals surface area (Å²) in [6.45, 7) is 1.72. The number of aromatic nitrogens is 5. The molecule has 2 rings (SSSR count). The van der Waals surface area contributed by atoms with Gasteiger partial charge in [0.2, 0.25) is 5.69 Å². The quantitative estimate of drug-likeness (QED) is 0.749. The van der Waals surface area contributed by atoms with Gasteiger partial charge in [0.15, 0.2) is 0 Å². The molecule has 0 saturated carbocycles. The average Bonchev–Trinajstić information content (AvgIpc) is 2.68. The van der Waals surface area contributed by atoms with Crippen LogP contribution in [0, 0.1) is 6.92 Å². The van der Waals surface area contributed by atoms with Gasteiger partial charge in [0, 0.05) is 19.8 Å². The lowest BCUT2D eigenvalue weighted by Gasteiger charge is -2.05. The number of hydrogen-bond donors (Lipinski definition) is 1. The van der Waals surface area contributed by atoms with Crippen LogP contribution in [-0.2, 0) is 20.6 Å². The summed E-state index contributed by atoms with van der Waals surface area (Å²) in [5.41, 5.74) is -0.976. The van der Waals surface area contributed by atoms with Crippen LogP contribution in [0.5, 0.6) is 0 Å². The van der Waals surface area contributed by atoms with E-state index >= 15 is 0 Å². The normalized spacial score (nSPS) is 10.8. The van der Waals surface area contributed by atoms with Gasteiger partial charge in [-0.1, -0.05) is 0 Å². The number of aromatic carboxylic acids is 1. The summed E-state index contributed by atoms with van der Waals surface area (Å²) in [5.74, 6) is -1.48. The van der Waals surface area contributed by atoms with Crippen LogP contribution in [-0.4, -0.2) is 35.2 Å². The standard InChI is InChI=1S/C11H13N5O4/c1-6-4-7(12-14(6)2)5-16-9(17)8(10(18)19)13-15(3)11(16)20/h4H,5H2,1-3H3,(H,18,19). The predicted octanol–water partition coefficient (Wildman–Crippen LogP) is -1.27. The third-order valence-electron chi connectivity index (χ3n) is 2.89. The van der Waals surface area contributed by atoms with Crippen molar-refractivity contribution in [1.82, 2.24) is 24.1 Å². The Morgan fingerprint density at radius 3 is 2.40 bits per heavy atom. The largest absolute Gasteiger partial charge is 0.476 e. The predicted molar refractivity (Wildman–Crippen MR) is 67.7 cm³/mol. The molecule has 0 radical (unpaired) electrons. The molecule has 0 amide bonds. The number of aryl methyl sites for hydroxylation is 3. The van der Waals surface area contributed by atoms with Gasteiger partial charge in [-0.3, -0.25) is 14.0 Å². The highest BCUT2D eigenvalue weighted by molar-refractivity contribution is 5.84. The molecule has 2 heterocycles.